The Morgan fingerprint density at radius 3 is 2.40 bits per heavy atom. The highest BCUT2D eigenvalue weighted by molar-refractivity contribution is 9.10. The van der Waals surface area contributed by atoms with Gasteiger partial charge in [-0.1, -0.05) is 6.07 Å². The number of hydrogen-bond acceptors (Lipinski definition) is 4. The van der Waals surface area contributed by atoms with Crippen molar-refractivity contribution in [1.82, 2.24) is 0 Å². The molecule has 0 fully saturated rings. The summed E-state index contributed by atoms with van der Waals surface area (Å²) in [4.78, 5) is 0. The van der Waals surface area contributed by atoms with Gasteiger partial charge in [-0.15, -0.1) is 0 Å². The molecule has 2 aromatic rings. The van der Waals surface area contributed by atoms with Gasteiger partial charge in [0.2, 0.25) is 0 Å². The fraction of sp³-hybridized carbons (Fsp3) is 0.200. The molecule has 2 rings (SSSR count). The lowest BCUT2D eigenvalue weighted by Gasteiger charge is -2.12. The summed E-state index contributed by atoms with van der Waals surface area (Å²) in [6.45, 7) is 0.419. The number of methoxy groups -OCH3 is 2. The van der Waals surface area contributed by atoms with E-state index in [1.807, 2.05) is 30.3 Å². The minimum atomic E-state index is 0.419. The molecule has 2 aromatic carbocycles. The third-order valence-electron chi connectivity index (χ3n) is 2.80. The van der Waals surface area contributed by atoms with Crippen LogP contribution in [0.1, 0.15) is 5.56 Å². The largest absolute Gasteiger partial charge is 0.493 e. The lowest BCUT2D eigenvalue weighted by molar-refractivity contribution is 0.302. The molecule has 0 bridgehead atoms. The van der Waals surface area contributed by atoms with Crippen molar-refractivity contribution in [2.45, 2.75) is 6.61 Å². The molecule has 0 spiro atoms. The second-order valence-corrected chi connectivity index (χ2v) is 5.02. The van der Waals surface area contributed by atoms with Gasteiger partial charge in [-0.2, -0.15) is 0 Å². The van der Waals surface area contributed by atoms with E-state index in [1.54, 1.807) is 20.3 Å². The van der Waals surface area contributed by atoms with Crippen LogP contribution >= 0.6 is 15.9 Å². The first-order chi connectivity index (χ1) is 9.63. The van der Waals surface area contributed by atoms with Gasteiger partial charge in [0.1, 0.15) is 12.4 Å². The summed E-state index contributed by atoms with van der Waals surface area (Å²) in [7, 11) is 3.22. The van der Waals surface area contributed by atoms with Crippen LogP contribution in [0, 0.1) is 0 Å². The molecule has 0 atom stereocenters. The molecule has 0 aromatic heterocycles. The maximum Gasteiger partial charge on any atom is 0.161 e. The Labute approximate surface area is 126 Å². The molecule has 0 aliphatic rings. The fourth-order valence-corrected chi connectivity index (χ4v) is 2.12. The van der Waals surface area contributed by atoms with Crippen LogP contribution in [-0.2, 0) is 6.61 Å². The van der Waals surface area contributed by atoms with Gasteiger partial charge in [0, 0.05) is 11.8 Å². The first kappa shape index (κ1) is 14.5. The lowest BCUT2D eigenvalue weighted by Crippen LogP contribution is -1.98. The summed E-state index contributed by atoms with van der Waals surface area (Å²) in [5.41, 5.74) is 7.39. The van der Waals surface area contributed by atoms with Crippen LogP contribution in [0.15, 0.2) is 40.9 Å². The van der Waals surface area contributed by atoms with Crippen molar-refractivity contribution in [3.8, 4) is 17.2 Å². The number of hydrogen-bond donors (Lipinski definition) is 1. The number of benzene rings is 2. The third-order valence-corrected chi connectivity index (χ3v) is 3.45. The molecule has 5 heteroatoms. The van der Waals surface area contributed by atoms with Crippen LogP contribution in [-0.4, -0.2) is 14.2 Å². The van der Waals surface area contributed by atoms with Crippen molar-refractivity contribution >= 4 is 21.6 Å². The van der Waals surface area contributed by atoms with E-state index in [4.69, 9.17) is 19.9 Å². The van der Waals surface area contributed by atoms with Crippen LogP contribution < -0.4 is 19.9 Å². The average molecular weight is 338 g/mol. The lowest BCUT2D eigenvalue weighted by atomic mass is 10.2. The van der Waals surface area contributed by atoms with E-state index >= 15 is 0 Å². The molecule has 0 amide bonds. The number of halogens is 1. The van der Waals surface area contributed by atoms with Gasteiger partial charge in [0.15, 0.2) is 11.5 Å². The van der Waals surface area contributed by atoms with E-state index in [0.717, 1.165) is 10.0 Å². The zero-order chi connectivity index (χ0) is 14.5. The monoisotopic (exact) mass is 337 g/mol. The summed E-state index contributed by atoms with van der Waals surface area (Å²) in [6, 6.07) is 11.1. The van der Waals surface area contributed by atoms with Crippen molar-refractivity contribution in [3.63, 3.8) is 0 Å². The summed E-state index contributed by atoms with van der Waals surface area (Å²) < 4.78 is 17.1. The number of nitrogens with two attached hydrogens (primary N) is 1. The van der Waals surface area contributed by atoms with E-state index in [-0.39, 0.29) is 0 Å². The highest BCUT2D eigenvalue weighted by Crippen LogP contribution is 2.30. The average Bonchev–Trinajstić information content (AvgIpc) is 2.47. The summed E-state index contributed by atoms with van der Waals surface area (Å²) in [5.74, 6) is 2.08. The second kappa shape index (κ2) is 6.52. The molecule has 0 radical (unpaired) electrons. The van der Waals surface area contributed by atoms with Crippen molar-refractivity contribution in [3.05, 3.63) is 46.4 Å². The molecule has 0 aliphatic heterocycles. The molecule has 2 N–H and O–H groups in total. The van der Waals surface area contributed by atoms with Gasteiger partial charge in [-0.3, -0.25) is 0 Å². The summed E-state index contributed by atoms with van der Waals surface area (Å²) in [6.07, 6.45) is 0. The zero-order valence-electron chi connectivity index (χ0n) is 11.4. The predicted molar refractivity (Wildman–Crippen MR) is 82.4 cm³/mol. The van der Waals surface area contributed by atoms with Gasteiger partial charge >= 0.3 is 0 Å². The topological polar surface area (TPSA) is 53.7 Å². The third kappa shape index (κ3) is 3.36. The SMILES string of the molecule is COc1ccc(COc2cc(N)ccc2Br)cc1OC. The molecular weight excluding hydrogens is 322 g/mol. The fourth-order valence-electron chi connectivity index (χ4n) is 1.76. The van der Waals surface area contributed by atoms with Gasteiger partial charge in [0.05, 0.1) is 18.7 Å². The quantitative estimate of drug-likeness (QED) is 0.846. The molecule has 4 nitrogen and oxygen atoms in total. The Balaban J connectivity index is 2.12. The number of ether oxygens (including phenoxy) is 3. The zero-order valence-corrected chi connectivity index (χ0v) is 12.9. The maximum absolute atomic E-state index is 5.75. The van der Waals surface area contributed by atoms with Gasteiger partial charge in [0.25, 0.3) is 0 Å². The van der Waals surface area contributed by atoms with Crippen molar-refractivity contribution < 1.29 is 14.2 Å². The number of nitrogen functional groups attached to an aromatic ring is 1. The van der Waals surface area contributed by atoms with Crippen LogP contribution in [0.25, 0.3) is 0 Å². The molecule has 0 saturated carbocycles. The Morgan fingerprint density at radius 2 is 1.70 bits per heavy atom. The van der Waals surface area contributed by atoms with E-state index in [2.05, 4.69) is 15.9 Å². The molecular formula is C15H16BrNO3. The van der Waals surface area contributed by atoms with Crippen LogP contribution in [0.4, 0.5) is 5.69 Å². The van der Waals surface area contributed by atoms with Gasteiger partial charge in [-0.05, 0) is 45.8 Å². The highest BCUT2D eigenvalue weighted by Gasteiger charge is 2.06. The molecule has 0 aliphatic carbocycles. The molecule has 0 unspecified atom stereocenters. The van der Waals surface area contributed by atoms with E-state index in [1.165, 1.54) is 0 Å². The van der Waals surface area contributed by atoms with Gasteiger partial charge < -0.3 is 19.9 Å². The van der Waals surface area contributed by atoms with E-state index in [9.17, 15) is 0 Å². The molecule has 0 saturated heterocycles. The normalized spacial score (nSPS) is 10.2. The minimum Gasteiger partial charge on any atom is -0.493 e. The Morgan fingerprint density at radius 1 is 0.950 bits per heavy atom. The molecule has 106 valence electrons. The molecule has 0 heterocycles. The Hall–Kier alpha value is -1.88. The Bertz CT molecular complexity index is 602. The van der Waals surface area contributed by atoms with Crippen molar-refractivity contribution in [2.24, 2.45) is 0 Å². The van der Waals surface area contributed by atoms with E-state index in [0.29, 0.717) is 29.5 Å². The first-order valence-corrected chi connectivity index (χ1v) is 6.82. The van der Waals surface area contributed by atoms with Crippen LogP contribution in [0.5, 0.6) is 17.2 Å². The molecule has 20 heavy (non-hydrogen) atoms. The first-order valence-electron chi connectivity index (χ1n) is 6.02. The predicted octanol–water partition coefficient (Wildman–Crippen LogP) is 3.63. The van der Waals surface area contributed by atoms with E-state index < -0.39 is 0 Å². The van der Waals surface area contributed by atoms with Crippen LogP contribution in [0.3, 0.4) is 0 Å². The number of rotatable bonds is 5. The van der Waals surface area contributed by atoms with Crippen LogP contribution in [0.2, 0.25) is 0 Å². The van der Waals surface area contributed by atoms with Gasteiger partial charge in [-0.25, -0.2) is 0 Å². The highest BCUT2D eigenvalue weighted by atomic mass is 79.9. The minimum absolute atomic E-state index is 0.419. The standard InChI is InChI=1S/C15H16BrNO3/c1-18-13-6-3-10(7-15(13)19-2)9-20-14-8-11(17)4-5-12(14)16/h3-8H,9,17H2,1-2H3. The van der Waals surface area contributed by atoms with Crippen molar-refractivity contribution in [1.29, 1.82) is 0 Å². The number of anilines is 1. The Kier molecular flexibility index (Phi) is 4.74. The second-order valence-electron chi connectivity index (χ2n) is 4.17. The summed E-state index contributed by atoms with van der Waals surface area (Å²) in [5, 5.41) is 0. The van der Waals surface area contributed by atoms with Crippen molar-refractivity contribution in [2.75, 3.05) is 20.0 Å². The smallest absolute Gasteiger partial charge is 0.161 e. The maximum atomic E-state index is 5.75. The summed E-state index contributed by atoms with van der Waals surface area (Å²) >= 11 is 3.43.